The lowest BCUT2D eigenvalue weighted by atomic mass is 10.2. The number of carbonyl (C=O) groups excluding carboxylic acids is 2. The molecule has 1 aromatic heterocycles. The van der Waals surface area contributed by atoms with E-state index in [2.05, 4.69) is 10.4 Å². The summed E-state index contributed by atoms with van der Waals surface area (Å²) in [4.78, 5) is 28.5. The molecule has 0 saturated carbocycles. The van der Waals surface area contributed by atoms with Gasteiger partial charge in [-0.05, 0) is 33.6 Å². The molecule has 1 aliphatic rings. The Morgan fingerprint density at radius 2 is 2.09 bits per heavy atom. The Kier molecular flexibility index (Phi) is 5.05. The number of likely N-dealkylation sites (tertiary alicyclic amines) is 1. The zero-order valence-corrected chi connectivity index (χ0v) is 13.8. The van der Waals surface area contributed by atoms with Gasteiger partial charge >= 0.3 is 6.03 Å². The average molecular weight is 307 g/mol. The van der Waals surface area contributed by atoms with E-state index in [9.17, 15) is 9.59 Å². The molecule has 1 aliphatic heterocycles. The summed E-state index contributed by atoms with van der Waals surface area (Å²) in [6.45, 7) is 7.74. The van der Waals surface area contributed by atoms with Crippen LogP contribution in [0.2, 0.25) is 0 Å². The molecule has 2 rings (SSSR count). The first-order chi connectivity index (χ1) is 10.5. The number of amides is 3. The Morgan fingerprint density at radius 3 is 2.64 bits per heavy atom. The van der Waals surface area contributed by atoms with Crippen molar-refractivity contribution in [3.8, 4) is 0 Å². The SMILES string of the molecule is CCN(CC)C(=O)[C@@H]1CCCN1C(=O)Nc1cc(C)nn1C. The number of hydrogen-bond donors (Lipinski definition) is 1. The molecule has 122 valence electrons. The minimum atomic E-state index is -0.353. The van der Waals surface area contributed by atoms with E-state index < -0.39 is 0 Å². The van der Waals surface area contributed by atoms with Crippen LogP contribution in [-0.2, 0) is 11.8 Å². The van der Waals surface area contributed by atoms with Crippen molar-refractivity contribution < 1.29 is 9.59 Å². The monoisotopic (exact) mass is 307 g/mol. The van der Waals surface area contributed by atoms with Crippen LogP contribution in [-0.4, -0.2) is 57.2 Å². The topological polar surface area (TPSA) is 70.5 Å². The predicted octanol–water partition coefficient (Wildman–Crippen LogP) is 1.59. The second kappa shape index (κ2) is 6.81. The lowest BCUT2D eigenvalue weighted by Gasteiger charge is -2.29. The summed E-state index contributed by atoms with van der Waals surface area (Å²) in [6.07, 6.45) is 1.59. The van der Waals surface area contributed by atoms with Gasteiger partial charge < -0.3 is 9.80 Å². The second-order valence-electron chi connectivity index (χ2n) is 5.59. The molecule has 0 radical (unpaired) electrons. The van der Waals surface area contributed by atoms with Gasteiger partial charge in [0, 0.05) is 32.7 Å². The Labute approximate surface area is 131 Å². The van der Waals surface area contributed by atoms with Crippen molar-refractivity contribution in [2.24, 2.45) is 7.05 Å². The van der Waals surface area contributed by atoms with E-state index in [0.717, 1.165) is 18.5 Å². The van der Waals surface area contributed by atoms with Crippen molar-refractivity contribution in [2.75, 3.05) is 25.0 Å². The van der Waals surface area contributed by atoms with Crippen molar-refractivity contribution in [3.63, 3.8) is 0 Å². The minimum absolute atomic E-state index is 0.0406. The minimum Gasteiger partial charge on any atom is -0.341 e. The number of nitrogens with one attached hydrogen (secondary N) is 1. The summed E-state index contributed by atoms with van der Waals surface area (Å²) in [6, 6.07) is 1.23. The first-order valence-electron chi connectivity index (χ1n) is 7.85. The second-order valence-corrected chi connectivity index (χ2v) is 5.59. The highest BCUT2D eigenvalue weighted by Crippen LogP contribution is 2.21. The highest BCUT2D eigenvalue weighted by atomic mass is 16.2. The van der Waals surface area contributed by atoms with Gasteiger partial charge in [-0.2, -0.15) is 5.10 Å². The first-order valence-corrected chi connectivity index (χ1v) is 7.85. The highest BCUT2D eigenvalue weighted by Gasteiger charge is 2.36. The maximum absolute atomic E-state index is 12.5. The zero-order valence-electron chi connectivity index (χ0n) is 13.8. The van der Waals surface area contributed by atoms with Crippen LogP contribution >= 0.6 is 0 Å². The summed E-state index contributed by atoms with van der Waals surface area (Å²) in [5.74, 6) is 0.683. The number of aromatic nitrogens is 2. The largest absolute Gasteiger partial charge is 0.341 e. The lowest BCUT2D eigenvalue weighted by Crippen LogP contribution is -2.49. The molecular weight excluding hydrogens is 282 g/mol. The fourth-order valence-electron chi connectivity index (χ4n) is 2.92. The molecule has 0 unspecified atom stereocenters. The van der Waals surface area contributed by atoms with Crippen LogP contribution in [0.4, 0.5) is 10.6 Å². The lowest BCUT2D eigenvalue weighted by molar-refractivity contribution is -0.134. The van der Waals surface area contributed by atoms with Crippen LogP contribution in [0.25, 0.3) is 0 Å². The normalized spacial score (nSPS) is 17.6. The van der Waals surface area contributed by atoms with Crippen LogP contribution in [0.3, 0.4) is 0 Å². The van der Waals surface area contributed by atoms with Crippen LogP contribution in [0.1, 0.15) is 32.4 Å². The molecule has 0 bridgehead atoms. The Morgan fingerprint density at radius 1 is 1.41 bits per heavy atom. The summed E-state index contributed by atoms with van der Waals surface area (Å²) in [5, 5.41) is 7.06. The zero-order chi connectivity index (χ0) is 16.3. The van der Waals surface area contributed by atoms with Gasteiger partial charge in [0.1, 0.15) is 11.9 Å². The van der Waals surface area contributed by atoms with Crippen LogP contribution in [0, 0.1) is 6.92 Å². The van der Waals surface area contributed by atoms with Crippen molar-refractivity contribution in [1.82, 2.24) is 19.6 Å². The number of carbonyl (C=O) groups is 2. The molecule has 22 heavy (non-hydrogen) atoms. The third-order valence-electron chi connectivity index (χ3n) is 4.11. The molecule has 1 aromatic rings. The molecule has 2 heterocycles. The van der Waals surface area contributed by atoms with Crippen LogP contribution in [0.15, 0.2) is 6.07 Å². The van der Waals surface area contributed by atoms with Gasteiger partial charge in [0.25, 0.3) is 0 Å². The molecule has 0 aromatic carbocycles. The number of anilines is 1. The number of aryl methyl sites for hydroxylation is 2. The molecule has 7 nitrogen and oxygen atoms in total. The number of likely N-dealkylation sites (N-methyl/N-ethyl adjacent to an activating group) is 1. The van der Waals surface area contributed by atoms with Gasteiger partial charge in [-0.1, -0.05) is 0 Å². The number of urea groups is 1. The Bertz CT molecular complexity index is 550. The van der Waals surface area contributed by atoms with Gasteiger partial charge in [-0.3, -0.25) is 14.8 Å². The third-order valence-corrected chi connectivity index (χ3v) is 4.11. The predicted molar refractivity (Wildman–Crippen MR) is 84.6 cm³/mol. The van der Waals surface area contributed by atoms with E-state index >= 15 is 0 Å². The Balaban J connectivity index is 2.08. The van der Waals surface area contributed by atoms with E-state index in [1.165, 1.54) is 0 Å². The molecule has 1 atom stereocenters. The summed E-state index contributed by atoms with van der Waals surface area (Å²) < 4.78 is 1.63. The fraction of sp³-hybridized carbons (Fsp3) is 0.667. The average Bonchev–Trinajstić information content (AvgIpc) is 3.07. The van der Waals surface area contributed by atoms with Crippen molar-refractivity contribution in [1.29, 1.82) is 0 Å². The van der Waals surface area contributed by atoms with E-state index in [-0.39, 0.29) is 18.0 Å². The van der Waals surface area contributed by atoms with Gasteiger partial charge in [-0.25, -0.2) is 4.79 Å². The van der Waals surface area contributed by atoms with E-state index in [1.54, 1.807) is 21.5 Å². The van der Waals surface area contributed by atoms with Crippen LogP contribution < -0.4 is 5.32 Å². The van der Waals surface area contributed by atoms with Gasteiger partial charge in [0.15, 0.2) is 0 Å². The molecule has 1 N–H and O–H groups in total. The molecule has 0 spiro atoms. The summed E-state index contributed by atoms with van der Waals surface area (Å²) in [5.41, 5.74) is 0.843. The quantitative estimate of drug-likeness (QED) is 0.918. The summed E-state index contributed by atoms with van der Waals surface area (Å²) >= 11 is 0. The number of nitrogens with zero attached hydrogens (tertiary/aromatic N) is 4. The number of rotatable bonds is 4. The van der Waals surface area contributed by atoms with E-state index in [0.29, 0.717) is 25.5 Å². The van der Waals surface area contributed by atoms with Crippen LogP contribution in [0.5, 0.6) is 0 Å². The first kappa shape index (κ1) is 16.3. The van der Waals surface area contributed by atoms with Gasteiger partial charge in [-0.15, -0.1) is 0 Å². The third kappa shape index (κ3) is 3.23. The number of hydrogen-bond acceptors (Lipinski definition) is 3. The van der Waals surface area contributed by atoms with E-state index in [1.807, 2.05) is 26.8 Å². The van der Waals surface area contributed by atoms with Crippen molar-refractivity contribution in [2.45, 2.75) is 39.7 Å². The molecule has 1 fully saturated rings. The maximum atomic E-state index is 12.5. The van der Waals surface area contributed by atoms with Crippen molar-refractivity contribution in [3.05, 3.63) is 11.8 Å². The molecule has 7 heteroatoms. The fourth-order valence-corrected chi connectivity index (χ4v) is 2.92. The van der Waals surface area contributed by atoms with E-state index in [4.69, 9.17) is 0 Å². The summed E-state index contributed by atoms with van der Waals surface area (Å²) in [7, 11) is 1.78. The van der Waals surface area contributed by atoms with Crippen molar-refractivity contribution >= 4 is 17.8 Å². The molecule has 3 amide bonds. The molecular formula is C15H25N5O2. The molecule has 0 aliphatic carbocycles. The maximum Gasteiger partial charge on any atom is 0.323 e. The van der Waals surface area contributed by atoms with Gasteiger partial charge in [0.05, 0.1) is 5.69 Å². The Hall–Kier alpha value is -2.05. The van der Waals surface area contributed by atoms with Gasteiger partial charge in [0.2, 0.25) is 5.91 Å². The highest BCUT2D eigenvalue weighted by molar-refractivity contribution is 5.93. The smallest absolute Gasteiger partial charge is 0.323 e. The molecule has 1 saturated heterocycles. The standard InChI is InChI=1S/C15H25N5O2/c1-5-19(6-2)14(21)12-8-7-9-20(12)15(22)16-13-10-11(3)17-18(13)4/h10,12H,5-9H2,1-4H3,(H,16,22)/t12-/m0/s1.